The number of carbonyl (C=O) groups is 1. The highest BCUT2D eigenvalue weighted by Crippen LogP contribution is 2.25. The Balaban J connectivity index is 1.88. The van der Waals surface area contributed by atoms with Crippen molar-refractivity contribution in [1.82, 2.24) is 10.3 Å². The van der Waals surface area contributed by atoms with E-state index in [0.717, 1.165) is 9.99 Å². The van der Waals surface area contributed by atoms with Crippen molar-refractivity contribution in [3.05, 3.63) is 22.7 Å². The number of oxazole rings is 1. The van der Waals surface area contributed by atoms with E-state index in [4.69, 9.17) is 9.52 Å². The Morgan fingerprint density at radius 1 is 1.44 bits per heavy atom. The summed E-state index contributed by atoms with van der Waals surface area (Å²) in [6.07, 6.45) is -0.354. The van der Waals surface area contributed by atoms with Crippen LogP contribution < -0.4 is 10.6 Å². The van der Waals surface area contributed by atoms with Crippen LogP contribution in [0.2, 0.25) is 0 Å². The van der Waals surface area contributed by atoms with Crippen LogP contribution in [0.5, 0.6) is 0 Å². The number of amides is 1. The van der Waals surface area contributed by atoms with Gasteiger partial charge in [0, 0.05) is 17.6 Å². The molecular weight excluding hydrogens is 302 g/mol. The molecule has 7 heteroatoms. The van der Waals surface area contributed by atoms with E-state index in [-0.39, 0.29) is 0 Å². The van der Waals surface area contributed by atoms with E-state index in [0.29, 0.717) is 31.1 Å². The average molecular weight is 314 g/mol. The maximum Gasteiger partial charge on any atom is 0.404 e. The number of halogens is 1. The van der Waals surface area contributed by atoms with Crippen molar-refractivity contribution < 1.29 is 14.3 Å². The SMILES string of the molecule is O=C(O)NCCCNc1nc2c(Br)cccc2o1. The fourth-order valence-electron chi connectivity index (χ4n) is 1.47. The number of nitrogens with zero attached hydrogens (tertiary/aromatic N) is 1. The third-order valence-electron chi connectivity index (χ3n) is 2.28. The molecule has 1 heterocycles. The normalized spacial score (nSPS) is 10.5. The molecule has 6 nitrogen and oxygen atoms in total. The standard InChI is InChI=1S/C11H12BrN3O3/c12-7-3-1-4-8-9(7)15-10(18-8)13-5-2-6-14-11(16)17/h1,3-4,14H,2,5-6H2,(H,13,15)(H,16,17). The molecule has 0 aliphatic rings. The van der Waals surface area contributed by atoms with Gasteiger partial charge in [-0.25, -0.2) is 4.79 Å². The molecule has 1 aromatic heterocycles. The number of hydrogen-bond donors (Lipinski definition) is 3. The summed E-state index contributed by atoms with van der Waals surface area (Å²) < 4.78 is 6.37. The maximum atomic E-state index is 10.2. The zero-order valence-electron chi connectivity index (χ0n) is 9.44. The lowest BCUT2D eigenvalue weighted by Crippen LogP contribution is -2.23. The molecule has 0 aliphatic carbocycles. The molecule has 2 aromatic rings. The second-order valence-electron chi connectivity index (χ2n) is 3.62. The van der Waals surface area contributed by atoms with Crippen molar-refractivity contribution in [2.75, 3.05) is 18.4 Å². The molecule has 1 amide bonds. The van der Waals surface area contributed by atoms with Crippen LogP contribution in [-0.2, 0) is 0 Å². The van der Waals surface area contributed by atoms with E-state index in [1.54, 1.807) is 0 Å². The number of benzene rings is 1. The molecule has 3 N–H and O–H groups in total. The van der Waals surface area contributed by atoms with Gasteiger partial charge in [0.2, 0.25) is 0 Å². The van der Waals surface area contributed by atoms with Gasteiger partial charge >= 0.3 is 6.09 Å². The van der Waals surface area contributed by atoms with Crippen molar-refractivity contribution >= 4 is 39.1 Å². The molecule has 0 saturated carbocycles. The van der Waals surface area contributed by atoms with Crippen molar-refractivity contribution in [2.45, 2.75) is 6.42 Å². The van der Waals surface area contributed by atoms with E-state index in [9.17, 15) is 4.79 Å². The number of carboxylic acid groups (broad SMARTS) is 1. The van der Waals surface area contributed by atoms with E-state index < -0.39 is 6.09 Å². The van der Waals surface area contributed by atoms with Gasteiger partial charge in [-0.2, -0.15) is 4.98 Å². The Morgan fingerprint density at radius 3 is 3.00 bits per heavy atom. The second-order valence-corrected chi connectivity index (χ2v) is 4.47. The molecule has 0 aliphatic heterocycles. The fourth-order valence-corrected chi connectivity index (χ4v) is 1.91. The summed E-state index contributed by atoms with van der Waals surface area (Å²) >= 11 is 3.39. The van der Waals surface area contributed by atoms with Gasteiger partial charge in [-0.15, -0.1) is 0 Å². The largest absolute Gasteiger partial charge is 0.465 e. The van der Waals surface area contributed by atoms with Gasteiger partial charge in [-0.3, -0.25) is 0 Å². The van der Waals surface area contributed by atoms with Gasteiger partial charge in [0.05, 0.1) is 0 Å². The molecule has 1 aromatic carbocycles. The van der Waals surface area contributed by atoms with Crippen LogP contribution in [-0.4, -0.2) is 29.3 Å². The molecular formula is C11H12BrN3O3. The lowest BCUT2D eigenvalue weighted by molar-refractivity contribution is 0.194. The first-order chi connectivity index (χ1) is 8.66. The van der Waals surface area contributed by atoms with Crippen molar-refractivity contribution in [3.8, 4) is 0 Å². The molecule has 0 unspecified atom stereocenters. The Morgan fingerprint density at radius 2 is 2.28 bits per heavy atom. The monoisotopic (exact) mass is 313 g/mol. The van der Waals surface area contributed by atoms with Crippen LogP contribution in [0.4, 0.5) is 10.8 Å². The molecule has 2 rings (SSSR count). The van der Waals surface area contributed by atoms with Crippen LogP contribution in [0.3, 0.4) is 0 Å². The summed E-state index contributed by atoms with van der Waals surface area (Å²) in [6.45, 7) is 0.983. The van der Waals surface area contributed by atoms with Gasteiger partial charge < -0.3 is 20.2 Å². The van der Waals surface area contributed by atoms with Crippen LogP contribution >= 0.6 is 15.9 Å². The zero-order valence-corrected chi connectivity index (χ0v) is 11.0. The van der Waals surface area contributed by atoms with Crippen molar-refractivity contribution in [3.63, 3.8) is 0 Å². The molecule has 0 saturated heterocycles. The van der Waals surface area contributed by atoms with Gasteiger partial charge in [0.1, 0.15) is 5.52 Å². The summed E-state index contributed by atoms with van der Waals surface area (Å²) in [7, 11) is 0. The van der Waals surface area contributed by atoms with Gasteiger partial charge in [-0.1, -0.05) is 6.07 Å². The van der Waals surface area contributed by atoms with Gasteiger partial charge in [0.25, 0.3) is 6.01 Å². The first kappa shape index (κ1) is 12.7. The molecule has 0 spiro atoms. The van der Waals surface area contributed by atoms with Crippen molar-refractivity contribution in [2.24, 2.45) is 0 Å². The lowest BCUT2D eigenvalue weighted by Gasteiger charge is -2.01. The highest BCUT2D eigenvalue weighted by Gasteiger charge is 2.07. The minimum Gasteiger partial charge on any atom is -0.465 e. The number of rotatable bonds is 5. The summed E-state index contributed by atoms with van der Waals surface area (Å²) in [5, 5.41) is 13.7. The Kier molecular flexibility index (Phi) is 4.03. The first-order valence-electron chi connectivity index (χ1n) is 5.42. The van der Waals surface area contributed by atoms with Gasteiger partial charge in [-0.05, 0) is 34.5 Å². The Hall–Kier alpha value is -1.76. The molecule has 18 heavy (non-hydrogen) atoms. The van der Waals surface area contributed by atoms with Crippen LogP contribution in [0.1, 0.15) is 6.42 Å². The topological polar surface area (TPSA) is 87.4 Å². The predicted molar refractivity (Wildman–Crippen MR) is 70.8 cm³/mol. The average Bonchev–Trinajstić information content (AvgIpc) is 2.72. The van der Waals surface area contributed by atoms with Crippen LogP contribution in [0.15, 0.2) is 27.1 Å². The van der Waals surface area contributed by atoms with Gasteiger partial charge in [0.15, 0.2) is 5.58 Å². The molecule has 0 radical (unpaired) electrons. The Bertz CT molecular complexity index is 555. The minimum atomic E-state index is -1.01. The van der Waals surface area contributed by atoms with E-state index in [2.05, 4.69) is 31.5 Å². The van der Waals surface area contributed by atoms with Crippen LogP contribution in [0.25, 0.3) is 11.1 Å². The number of hydrogen-bond acceptors (Lipinski definition) is 4. The lowest BCUT2D eigenvalue weighted by atomic mass is 10.3. The Labute approximate surface area is 112 Å². The zero-order chi connectivity index (χ0) is 13.0. The predicted octanol–water partition coefficient (Wildman–Crippen LogP) is 2.66. The molecule has 0 fully saturated rings. The summed E-state index contributed by atoms with van der Waals surface area (Å²) in [5.41, 5.74) is 1.47. The second kappa shape index (κ2) is 5.72. The fraction of sp³-hybridized carbons (Fsp3) is 0.273. The van der Waals surface area contributed by atoms with E-state index in [1.165, 1.54) is 0 Å². The first-order valence-corrected chi connectivity index (χ1v) is 6.22. The molecule has 96 valence electrons. The summed E-state index contributed by atoms with van der Waals surface area (Å²) in [4.78, 5) is 14.5. The number of nitrogens with one attached hydrogen (secondary N) is 2. The van der Waals surface area contributed by atoms with E-state index >= 15 is 0 Å². The third kappa shape index (κ3) is 3.13. The number of fused-ring (bicyclic) bond motifs is 1. The van der Waals surface area contributed by atoms with Crippen LogP contribution in [0, 0.1) is 0 Å². The van der Waals surface area contributed by atoms with E-state index in [1.807, 2.05) is 18.2 Å². The molecule has 0 bridgehead atoms. The number of aromatic nitrogens is 1. The quantitative estimate of drug-likeness (QED) is 0.739. The summed E-state index contributed by atoms with van der Waals surface area (Å²) in [5.74, 6) is 0. The molecule has 0 atom stereocenters. The highest BCUT2D eigenvalue weighted by molar-refractivity contribution is 9.10. The summed E-state index contributed by atoms with van der Waals surface area (Å²) in [6, 6.07) is 6.04. The minimum absolute atomic E-state index is 0.395. The smallest absolute Gasteiger partial charge is 0.404 e. The number of para-hydroxylation sites is 1. The van der Waals surface area contributed by atoms with Crippen molar-refractivity contribution in [1.29, 1.82) is 0 Å². The number of anilines is 1. The maximum absolute atomic E-state index is 10.2. The third-order valence-corrected chi connectivity index (χ3v) is 2.92. The highest BCUT2D eigenvalue weighted by atomic mass is 79.9.